The van der Waals surface area contributed by atoms with Crippen molar-refractivity contribution in [1.29, 1.82) is 0 Å². The van der Waals surface area contributed by atoms with Crippen molar-refractivity contribution in [3.63, 3.8) is 0 Å². The lowest BCUT2D eigenvalue weighted by atomic mass is 10.0. The third-order valence-corrected chi connectivity index (χ3v) is 5.02. The van der Waals surface area contributed by atoms with Crippen molar-refractivity contribution in [1.82, 2.24) is 15.0 Å². The Labute approximate surface area is 164 Å². The highest BCUT2D eigenvalue weighted by atomic mass is 35.5. The maximum Gasteiger partial charge on any atom is 0.259 e. The van der Waals surface area contributed by atoms with E-state index in [1.54, 1.807) is 0 Å². The summed E-state index contributed by atoms with van der Waals surface area (Å²) in [5, 5.41) is 4.71. The number of aryl methyl sites for hydroxylation is 2. The number of pyridine rings is 1. The van der Waals surface area contributed by atoms with Crippen LogP contribution in [0.4, 0.5) is 0 Å². The van der Waals surface area contributed by atoms with Gasteiger partial charge in [-0.25, -0.2) is 4.98 Å². The van der Waals surface area contributed by atoms with Crippen LogP contribution in [0.1, 0.15) is 34.5 Å². The van der Waals surface area contributed by atoms with Crippen LogP contribution in [0.5, 0.6) is 0 Å². The Bertz CT molecular complexity index is 960. The van der Waals surface area contributed by atoms with E-state index in [0.29, 0.717) is 41.1 Å². The van der Waals surface area contributed by atoms with Crippen LogP contribution in [0.15, 0.2) is 34.9 Å². The quantitative estimate of drug-likeness (QED) is 0.728. The monoisotopic (exact) mass is 386 g/mol. The predicted molar refractivity (Wildman–Crippen MR) is 107 cm³/mol. The molecule has 1 amide bonds. The Morgan fingerprint density at radius 1 is 1.19 bits per heavy atom. The van der Waals surface area contributed by atoms with Crippen molar-refractivity contribution in [3.8, 4) is 11.3 Å². The summed E-state index contributed by atoms with van der Waals surface area (Å²) in [6.45, 7) is 5.22. The van der Waals surface area contributed by atoms with Crippen molar-refractivity contribution in [2.24, 2.45) is 5.73 Å². The number of halogens is 1. The summed E-state index contributed by atoms with van der Waals surface area (Å²) in [6, 6.07) is 10.1. The first-order valence-corrected chi connectivity index (χ1v) is 8.92. The van der Waals surface area contributed by atoms with Crippen LogP contribution in [0, 0.1) is 13.8 Å². The van der Waals surface area contributed by atoms with Crippen LogP contribution in [0.3, 0.4) is 0 Å². The van der Waals surface area contributed by atoms with Crippen molar-refractivity contribution in [3.05, 3.63) is 47.2 Å². The number of carbonyl (C=O) groups excluding carboxylic acids is 1. The summed E-state index contributed by atoms with van der Waals surface area (Å²) >= 11 is 0. The second kappa shape index (κ2) is 7.66. The molecule has 1 saturated heterocycles. The van der Waals surface area contributed by atoms with Crippen LogP contribution >= 0.6 is 12.4 Å². The van der Waals surface area contributed by atoms with Crippen LogP contribution < -0.4 is 5.73 Å². The summed E-state index contributed by atoms with van der Waals surface area (Å²) in [5.41, 5.74) is 10.5. The molecule has 6 nitrogen and oxygen atoms in total. The Kier molecular flexibility index (Phi) is 5.48. The van der Waals surface area contributed by atoms with E-state index in [-0.39, 0.29) is 24.4 Å². The van der Waals surface area contributed by atoms with E-state index in [1.165, 1.54) is 5.56 Å². The number of likely N-dealkylation sites (tertiary alicyclic amines) is 1. The smallest absolute Gasteiger partial charge is 0.259 e. The van der Waals surface area contributed by atoms with Gasteiger partial charge >= 0.3 is 0 Å². The fourth-order valence-electron chi connectivity index (χ4n) is 3.41. The number of piperidine rings is 1. The molecule has 0 atom stereocenters. The maximum atomic E-state index is 13.2. The van der Waals surface area contributed by atoms with Crippen LogP contribution in [0.2, 0.25) is 0 Å². The normalized spacial score (nSPS) is 15.0. The molecule has 0 saturated carbocycles. The standard InChI is InChI=1S/C20H22N4O2.ClH/c1-12-3-5-14(6-4-12)17-11-16(18-13(2)23-26-19(18)22-17)20(25)24-9-7-15(21)8-10-24;/h3-6,11,15H,7-10,21H2,1-2H3;1H. The lowest BCUT2D eigenvalue weighted by Gasteiger charge is -2.30. The topological polar surface area (TPSA) is 85.2 Å². The molecule has 1 fully saturated rings. The molecule has 4 rings (SSSR count). The van der Waals surface area contributed by atoms with Gasteiger partial charge < -0.3 is 15.2 Å². The molecule has 0 unspecified atom stereocenters. The van der Waals surface area contributed by atoms with E-state index in [0.717, 1.165) is 18.4 Å². The first kappa shape index (κ1) is 19.3. The first-order chi connectivity index (χ1) is 12.5. The number of amides is 1. The molecule has 7 heteroatoms. The van der Waals surface area contributed by atoms with Crippen LogP contribution in [-0.4, -0.2) is 40.1 Å². The average Bonchev–Trinajstić information content (AvgIpc) is 3.03. The predicted octanol–water partition coefficient (Wildman–Crippen LogP) is 3.49. The van der Waals surface area contributed by atoms with Crippen molar-refractivity contribution < 1.29 is 9.32 Å². The van der Waals surface area contributed by atoms with Gasteiger partial charge in [0.1, 0.15) is 0 Å². The van der Waals surface area contributed by atoms with E-state index in [9.17, 15) is 4.79 Å². The summed E-state index contributed by atoms with van der Waals surface area (Å²) in [6.07, 6.45) is 1.65. The third-order valence-electron chi connectivity index (χ3n) is 5.02. The fraction of sp³-hybridized carbons (Fsp3) is 0.350. The van der Waals surface area contributed by atoms with Crippen LogP contribution in [0.25, 0.3) is 22.4 Å². The zero-order valence-corrected chi connectivity index (χ0v) is 16.3. The molecule has 2 aromatic heterocycles. The number of nitrogens with zero attached hydrogens (tertiary/aromatic N) is 3. The van der Waals surface area contributed by atoms with Crippen molar-refractivity contribution in [2.75, 3.05) is 13.1 Å². The number of hydrogen-bond donors (Lipinski definition) is 1. The van der Waals surface area contributed by atoms with E-state index >= 15 is 0 Å². The van der Waals surface area contributed by atoms with Gasteiger partial charge in [0.05, 0.1) is 22.3 Å². The summed E-state index contributed by atoms with van der Waals surface area (Å²) in [7, 11) is 0. The van der Waals surface area contributed by atoms with E-state index in [4.69, 9.17) is 10.3 Å². The number of benzene rings is 1. The highest BCUT2D eigenvalue weighted by molar-refractivity contribution is 6.07. The molecule has 3 aromatic rings. The van der Waals surface area contributed by atoms with Crippen LogP contribution in [-0.2, 0) is 0 Å². The molecule has 142 valence electrons. The summed E-state index contributed by atoms with van der Waals surface area (Å²) in [4.78, 5) is 19.6. The number of carbonyl (C=O) groups is 1. The molecule has 1 aromatic carbocycles. The lowest BCUT2D eigenvalue weighted by Crippen LogP contribution is -2.42. The number of hydrogen-bond acceptors (Lipinski definition) is 5. The minimum atomic E-state index is -0.0102. The molecule has 1 aliphatic heterocycles. The maximum absolute atomic E-state index is 13.2. The second-order valence-electron chi connectivity index (χ2n) is 7.00. The van der Waals surface area contributed by atoms with Gasteiger partial charge in [-0.1, -0.05) is 35.0 Å². The molecular formula is C20H23ClN4O2. The van der Waals surface area contributed by atoms with Gasteiger partial charge in [-0.2, -0.15) is 0 Å². The van der Waals surface area contributed by atoms with Gasteiger partial charge in [-0.05, 0) is 32.8 Å². The minimum Gasteiger partial charge on any atom is -0.339 e. The molecule has 0 radical (unpaired) electrons. The number of nitrogens with two attached hydrogens (primary N) is 1. The molecule has 2 N–H and O–H groups in total. The number of aromatic nitrogens is 2. The SMILES string of the molecule is Cc1ccc(-c2cc(C(=O)N3CCC(N)CC3)c3c(C)noc3n2)cc1.Cl. The molecule has 3 heterocycles. The molecular weight excluding hydrogens is 364 g/mol. The van der Waals surface area contributed by atoms with Gasteiger partial charge in [-0.15, -0.1) is 12.4 Å². The average molecular weight is 387 g/mol. The van der Waals surface area contributed by atoms with Crippen molar-refractivity contribution >= 4 is 29.4 Å². The Hall–Kier alpha value is -2.44. The van der Waals surface area contributed by atoms with Gasteiger partial charge in [-0.3, -0.25) is 4.79 Å². The highest BCUT2D eigenvalue weighted by Gasteiger charge is 2.26. The second-order valence-corrected chi connectivity index (χ2v) is 7.00. The number of fused-ring (bicyclic) bond motifs is 1. The minimum absolute atomic E-state index is 0. The van der Waals surface area contributed by atoms with Gasteiger partial charge in [0.2, 0.25) is 0 Å². The largest absolute Gasteiger partial charge is 0.339 e. The summed E-state index contributed by atoms with van der Waals surface area (Å²) < 4.78 is 5.38. The Balaban J connectivity index is 0.00000210. The van der Waals surface area contributed by atoms with E-state index in [1.807, 2.05) is 49.1 Å². The Morgan fingerprint density at radius 3 is 2.52 bits per heavy atom. The first-order valence-electron chi connectivity index (χ1n) is 8.92. The molecule has 0 bridgehead atoms. The van der Waals surface area contributed by atoms with Gasteiger partial charge in [0.15, 0.2) is 0 Å². The molecule has 1 aliphatic rings. The van der Waals surface area contributed by atoms with Crippen molar-refractivity contribution in [2.45, 2.75) is 32.7 Å². The lowest BCUT2D eigenvalue weighted by molar-refractivity contribution is 0.0716. The zero-order valence-electron chi connectivity index (χ0n) is 15.4. The fourth-order valence-corrected chi connectivity index (χ4v) is 3.41. The zero-order chi connectivity index (χ0) is 18.3. The van der Waals surface area contributed by atoms with E-state index < -0.39 is 0 Å². The van der Waals surface area contributed by atoms with E-state index in [2.05, 4.69) is 10.1 Å². The number of rotatable bonds is 2. The Morgan fingerprint density at radius 2 is 1.85 bits per heavy atom. The summed E-state index contributed by atoms with van der Waals surface area (Å²) in [5.74, 6) is -0.0102. The molecule has 27 heavy (non-hydrogen) atoms. The van der Waals surface area contributed by atoms with Gasteiger partial charge in [0, 0.05) is 24.7 Å². The highest BCUT2D eigenvalue weighted by Crippen LogP contribution is 2.28. The van der Waals surface area contributed by atoms with Gasteiger partial charge in [0.25, 0.3) is 11.6 Å². The third kappa shape index (κ3) is 3.68. The molecule has 0 aliphatic carbocycles. The molecule has 0 spiro atoms.